The Balaban J connectivity index is 1.91. The largest absolute Gasteiger partial charge is 0.383 e. The standard InChI is InChI=1S/C12H16BrN3O/c1-17-7-6-14-5-4-12-15-10-3-2-9(13)8-11(10)16-12/h2-3,8,14H,4-7H2,1H3,(H,15,16). The molecule has 0 aliphatic rings. The number of imidazole rings is 1. The first-order valence-corrected chi connectivity index (χ1v) is 6.42. The van der Waals surface area contributed by atoms with Crippen molar-refractivity contribution in [2.45, 2.75) is 6.42 Å². The smallest absolute Gasteiger partial charge is 0.108 e. The summed E-state index contributed by atoms with van der Waals surface area (Å²) in [6.07, 6.45) is 0.899. The highest BCUT2D eigenvalue weighted by Crippen LogP contribution is 2.17. The van der Waals surface area contributed by atoms with Gasteiger partial charge in [0.05, 0.1) is 17.6 Å². The lowest BCUT2D eigenvalue weighted by Gasteiger charge is -2.01. The number of hydrogen-bond donors (Lipinski definition) is 2. The van der Waals surface area contributed by atoms with Gasteiger partial charge in [0.2, 0.25) is 0 Å². The molecule has 0 radical (unpaired) electrons. The number of nitrogens with zero attached hydrogens (tertiary/aromatic N) is 1. The van der Waals surface area contributed by atoms with Crippen molar-refractivity contribution in [1.82, 2.24) is 15.3 Å². The molecule has 0 atom stereocenters. The summed E-state index contributed by atoms with van der Waals surface area (Å²) < 4.78 is 6.03. The number of nitrogens with one attached hydrogen (secondary N) is 2. The zero-order valence-corrected chi connectivity index (χ0v) is 11.4. The molecule has 4 nitrogen and oxygen atoms in total. The van der Waals surface area contributed by atoms with Gasteiger partial charge in [-0.2, -0.15) is 0 Å². The molecule has 0 amide bonds. The molecule has 0 spiro atoms. The van der Waals surface area contributed by atoms with E-state index in [9.17, 15) is 0 Å². The molecule has 0 saturated heterocycles. The zero-order valence-electron chi connectivity index (χ0n) is 9.79. The minimum Gasteiger partial charge on any atom is -0.383 e. The van der Waals surface area contributed by atoms with Crippen LogP contribution in [0.15, 0.2) is 22.7 Å². The van der Waals surface area contributed by atoms with E-state index in [2.05, 4.69) is 31.2 Å². The van der Waals surface area contributed by atoms with Gasteiger partial charge < -0.3 is 15.0 Å². The van der Waals surface area contributed by atoms with Gasteiger partial charge in [-0.15, -0.1) is 0 Å². The third kappa shape index (κ3) is 3.52. The van der Waals surface area contributed by atoms with Crippen LogP contribution in [-0.2, 0) is 11.2 Å². The first-order valence-electron chi connectivity index (χ1n) is 5.63. The van der Waals surface area contributed by atoms with Crippen LogP contribution in [-0.4, -0.2) is 36.8 Å². The molecule has 1 aromatic heterocycles. The summed E-state index contributed by atoms with van der Waals surface area (Å²) >= 11 is 3.45. The van der Waals surface area contributed by atoms with E-state index in [0.717, 1.165) is 47.4 Å². The van der Waals surface area contributed by atoms with Crippen molar-refractivity contribution in [2.24, 2.45) is 0 Å². The van der Waals surface area contributed by atoms with E-state index in [1.54, 1.807) is 7.11 Å². The number of fused-ring (bicyclic) bond motifs is 1. The number of hydrogen-bond acceptors (Lipinski definition) is 3. The number of aromatic amines is 1. The maximum absolute atomic E-state index is 4.96. The van der Waals surface area contributed by atoms with Gasteiger partial charge in [0.15, 0.2) is 0 Å². The van der Waals surface area contributed by atoms with Gasteiger partial charge in [-0.25, -0.2) is 4.98 Å². The molecule has 0 fully saturated rings. The van der Waals surface area contributed by atoms with Crippen LogP contribution in [0.4, 0.5) is 0 Å². The fourth-order valence-electron chi connectivity index (χ4n) is 1.66. The fourth-order valence-corrected chi connectivity index (χ4v) is 2.02. The Morgan fingerprint density at radius 3 is 3.12 bits per heavy atom. The van der Waals surface area contributed by atoms with Crippen LogP contribution in [0.5, 0.6) is 0 Å². The average molecular weight is 298 g/mol. The van der Waals surface area contributed by atoms with Gasteiger partial charge in [-0.3, -0.25) is 0 Å². The van der Waals surface area contributed by atoms with Gasteiger partial charge in [-0.1, -0.05) is 15.9 Å². The van der Waals surface area contributed by atoms with Gasteiger partial charge in [0, 0.05) is 31.1 Å². The predicted molar refractivity (Wildman–Crippen MR) is 72.2 cm³/mol. The topological polar surface area (TPSA) is 49.9 Å². The van der Waals surface area contributed by atoms with Crippen LogP contribution in [0.2, 0.25) is 0 Å². The normalized spacial score (nSPS) is 11.2. The number of halogens is 1. The Bertz CT molecular complexity index is 484. The molecular weight excluding hydrogens is 282 g/mol. The van der Waals surface area contributed by atoms with Gasteiger partial charge >= 0.3 is 0 Å². The predicted octanol–water partition coefficient (Wildman–Crippen LogP) is 2.10. The van der Waals surface area contributed by atoms with E-state index in [1.165, 1.54) is 0 Å². The third-order valence-electron chi connectivity index (χ3n) is 2.51. The van der Waals surface area contributed by atoms with Crippen molar-refractivity contribution in [3.05, 3.63) is 28.5 Å². The molecule has 5 heteroatoms. The van der Waals surface area contributed by atoms with Crippen molar-refractivity contribution in [3.63, 3.8) is 0 Å². The fraction of sp³-hybridized carbons (Fsp3) is 0.417. The van der Waals surface area contributed by atoms with Crippen LogP contribution in [0, 0.1) is 0 Å². The summed E-state index contributed by atoms with van der Waals surface area (Å²) in [5, 5.41) is 3.30. The minimum atomic E-state index is 0.743. The van der Waals surface area contributed by atoms with Gasteiger partial charge in [0.25, 0.3) is 0 Å². The second-order valence-corrected chi connectivity index (χ2v) is 4.75. The molecular formula is C12H16BrN3O. The van der Waals surface area contributed by atoms with Crippen molar-refractivity contribution in [1.29, 1.82) is 0 Å². The molecule has 92 valence electrons. The lowest BCUT2D eigenvalue weighted by atomic mass is 10.3. The number of methoxy groups -OCH3 is 1. The second-order valence-electron chi connectivity index (χ2n) is 3.84. The molecule has 0 unspecified atom stereocenters. The van der Waals surface area contributed by atoms with Crippen LogP contribution < -0.4 is 5.32 Å². The highest BCUT2D eigenvalue weighted by molar-refractivity contribution is 9.10. The molecule has 2 aromatic rings. The quantitative estimate of drug-likeness (QED) is 0.803. The number of aromatic nitrogens is 2. The summed E-state index contributed by atoms with van der Waals surface area (Å²) in [5.41, 5.74) is 2.09. The molecule has 0 bridgehead atoms. The second kappa shape index (κ2) is 6.14. The SMILES string of the molecule is COCCNCCc1nc2ccc(Br)cc2[nH]1. The minimum absolute atomic E-state index is 0.743. The van der Waals surface area contributed by atoms with E-state index in [-0.39, 0.29) is 0 Å². The summed E-state index contributed by atoms with van der Waals surface area (Å²) in [4.78, 5) is 7.84. The monoisotopic (exact) mass is 297 g/mol. The number of benzene rings is 1. The highest BCUT2D eigenvalue weighted by atomic mass is 79.9. The van der Waals surface area contributed by atoms with Crippen molar-refractivity contribution in [3.8, 4) is 0 Å². The third-order valence-corrected chi connectivity index (χ3v) is 3.01. The zero-order chi connectivity index (χ0) is 12.1. The summed E-state index contributed by atoms with van der Waals surface area (Å²) in [6, 6.07) is 6.06. The summed E-state index contributed by atoms with van der Waals surface area (Å²) in [6.45, 7) is 2.53. The van der Waals surface area contributed by atoms with E-state index >= 15 is 0 Å². The van der Waals surface area contributed by atoms with Gasteiger partial charge in [0.1, 0.15) is 5.82 Å². The Hall–Kier alpha value is -0.910. The van der Waals surface area contributed by atoms with Crippen molar-refractivity contribution in [2.75, 3.05) is 26.8 Å². The molecule has 0 aliphatic heterocycles. The Labute approximate surface area is 109 Å². The molecule has 0 saturated carbocycles. The molecule has 0 aliphatic carbocycles. The molecule has 2 rings (SSSR count). The van der Waals surface area contributed by atoms with Crippen LogP contribution in [0.1, 0.15) is 5.82 Å². The van der Waals surface area contributed by atoms with E-state index in [4.69, 9.17) is 4.74 Å². The maximum Gasteiger partial charge on any atom is 0.108 e. The molecule has 1 aromatic carbocycles. The Morgan fingerprint density at radius 1 is 1.41 bits per heavy atom. The van der Waals surface area contributed by atoms with E-state index in [1.807, 2.05) is 18.2 Å². The van der Waals surface area contributed by atoms with Crippen LogP contribution in [0.3, 0.4) is 0 Å². The number of rotatable bonds is 6. The number of H-pyrrole nitrogens is 1. The average Bonchev–Trinajstić information content (AvgIpc) is 2.70. The maximum atomic E-state index is 4.96. The van der Waals surface area contributed by atoms with Crippen LogP contribution >= 0.6 is 15.9 Å². The van der Waals surface area contributed by atoms with E-state index in [0.29, 0.717) is 0 Å². The summed E-state index contributed by atoms with van der Waals surface area (Å²) in [5.74, 6) is 1.02. The summed E-state index contributed by atoms with van der Waals surface area (Å²) in [7, 11) is 1.71. The lowest BCUT2D eigenvalue weighted by molar-refractivity contribution is 0.199. The first kappa shape index (κ1) is 12.5. The Kier molecular flexibility index (Phi) is 4.53. The first-order chi connectivity index (χ1) is 8.29. The Morgan fingerprint density at radius 2 is 2.29 bits per heavy atom. The lowest BCUT2D eigenvalue weighted by Crippen LogP contribution is -2.22. The van der Waals surface area contributed by atoms with Gasteiger partial charge in [-0.05, 0) is 18.2 Å². The highest BCUT2D eigenvalue weighted by Gasteiger charge is 2.02. The van der Waals surface area contributed by atoms with Crippen molar-refractivity contribution >= 4 is 27.0 Å². The molecule has 1 heterocycles. The van der Waals surface area contributed by atoms with Crippen LogP contribution in [0.25, 0.3) is 11.0 Å². The van der Waals surface area contributed by atoms with E-state index < -0.39 is 0 Å². The van der Waals surface area contributed by atoms with Crippen molar-refractivity contribution < 1.29 is 4.74 Å². The molecule has 2 N–H and O–H groups in total. The molecule has 17 heavy (non-hydrogen) atoms. The number of ether oxygens (including phenoxy) is 1.